The minimum absolute atomic E-state index is 0.0554. The van der Waals surface area contributed by atoms with Crippen LogP contribution in [0, 0.1) is 5.41 Å². The Morgan fingerprint density at radius 3 is 2.33 bits per heavy atom. The van der Waals surface area contributed by atoms with Gasteiger partial charge in [0, 0.05) is 10.8 Å². The van der Waals surface area contributed by atoms with Crippen molar-refractivity contribution in [1.29, 1.82) is 0 Å². The van der Waals surface area contributed by atoms with Gasteiger partial charge in [-0.1, -0.05) is 57.5 Å². The van der Waals surface area contributed by atoms with Gasteiger partial charge in [-0.25, -0.2) is 4.79 Å². The first kappa shape index (κ1) is 16.8. The molecule has 0 aliphatic heterocycles. The highest BCUT2D eigenvalue weighted by Crippen LogP contribution is 2.47. The fourth-order valence-corrected chi connectivity index (χ4v) is 3.84. The summed E-state index contributed by atoms with van der Waals surface area (Å²) in [5.74, 6) is -0.409. The fraction of sp³-hybridized carbons (Fsp3) is 0.476. The summed E-state index contributed by atoms with van der Waals surface area (Å²) < 4.78 is 6.63. The summed E-state index contributed by atoms with van der Waals surface area (Å²) in [5, 5.41) is 11.6. The Balaban J connectivity index is 2.16. The van der Waals surface area contributed by atoms with Crippen LogP contribution in [0.3, 0.4) is 0 Å². The van der Waals surface area contributed by atoms with Gasteiger partial charge < -0.3 is 9.84 Å². The molecule has 2 aromatic carbocycles. The Bertz CT molecular complexity index is 749. The van der Waals surface area contributed by atoms with Gasteiger partial charge >= 0.3 is 5.97 Å². The summed E-state index contributed by atoms with van der Waals surface area (Å²) in [4.78, 5) is 11.8. The summed E-state index contributed by atoms with van der Waals surface area (Å²) in [5.41, 5.74) is -0.123. The molecule has 1 aliphatic carbocycles. The molecule has 1 aliphatic rings. The Kier molecular flexibility index (Phi) is 4.29. The van der Waals surface area contributed by atoms with Gasteiger partial charge in [-0.15, -0.1) is 0 Å². The van der Waals surface area contributed by atoms with E-state index < -0.39 is 5.97 Å². The van der Waals surface area contributed by atoms with Crippen LogP contribution in [0.5, 0.6) is 5.75 Å². The number of benzene rings is 2. The second-order valence-electron chi connectivity index (χ2n) is 7.88. The fourth-order valence-electron chi connectivity index (χ4n) is 3.84. The third-order valence-electron chi connectivity index (χ3n) is 5.44. The maximum Gasteiger partial charge on any atom is 0.339 e. The highest BCUT2D eigenvalue weighted by molar-refractivity contribution is 6.00. The molecule has 0 radical (unpaired) electrons. The van der Waals surface area contributed by atoms with E-state index in [0.29, 0.717) is 5.75 Å². The summed E-state index contributed by atoms with van der Waals surface area (Å²) in [7, 11) is 0. The van der Waals surface area contributed by atoms with Gasteiger partial charge in [-0.3, -0.25) is 0 Å². The van der Waals surface area contributed by atoms with Gasteiger partial charge in [0.25, 0.3) is 0 Å². The number of rotatable bonds is 3. The molecule has 3 rings (SSSR count). The average Bonchev–Trinajstić information content (AvgIpc) is 2.55. The van der Waals surface area contributed by atoms with E-state index in [0.717, 1.165) is 36.5 Å². The van der Waals surface area contributed by atoms with Crippen molar-refractivity contribution in [3.63, 3.8) is 0 Å². The Hall–Kier alpha value is -2.03. The molecule has 0 saturated heterocycles. The number of fused-ring (bicyclic) bond motifs is 1. The third-order valence-corrected chi connectivity index (χ3v) is 5.44. The second kappa shape index (κ2) is 6.12. The molecule has 3 heteroatoms. The number of carboxylic acid groups (broad SMARTS) is 1. The first-order valence-electron chi connectivity index (χ1n) is 8.78. The number of carbonyl (C=O) groups is 1. The van der Waals surface area contributed by atoms with Crippen molar-refractivity contribution in [3.8, 4) is 5.75 Å². The van der Waals surface area contributed by atoms with E-state index in [9.17, 15) is 9.90 Å². The van der Waals surface area contributed by atoms with E-state index in [2.05, 4.69) is 20.8 Å². The molecule has 0 bridgehead atoms. The first-order chi connectivity index (χ1) is 11.3. The number of hydrogen-bond acceptors (Lipinski definition) is 2. The zero-order valence-electron chi connectivity index (χ0n) is 14.8. The van der Waals surface area contributed by atoms with E-state index in [1.165, 1.54) is 6.42 Å². The molecule has 24 heavy (non-hydrogen) atoms. The highest BCUT2D eigenvalue weighted by Gasteiger charge is 2.45. The monoisotopic (exact) mass is 326 g/mol. The molecule has 0 heterocycles. The number of carboxylic acids is 1. The minimum atomic E-state index is -0.935. The first-order valence-corrected chi connectivity index (χ1v) is 8.78. The van der Waals surface area contributed by atoms with Crippen molar-refractivity contribution in [2.75, 3.05) is 0 Å². The van der Waals surface area contributed by atoms with E-state index in [4.69, 9.17) is 4.74 Å². The van der Waals surface area contributed by atoms with E-state index in [-0.39, 0.29) is 16.6 Å². The van der Waals surface area contributed by atoms with Crippen molar-refractivity contribution >= 4 is 16.7 Å². The number of hydrogen-bond donors (Lipinski definition) is 1. The van der Waals surface area contributed by atoms with Crippen LogP contribution >= 0.6 is 0 Å². The molecule has 0 amide bonds. The summed E-state index contributed by atoms with van der Waals surface area (Å²) in [6, 6.07) is 11.4. The molecule has 1 saturated carbocycles. The predicted octanol–water partition coefficient (Wildman–Crippen LogP) is 5.67. The molecule has 1 fully saturated rings. The van der Waals surface area contributed by atoms with Crippen molar-refractivity contribution in [2.45, 2.75) is 58.5 Å². The largest absolute Gasteiger partial charge is 0.485 e. The van der Waals surface area contributed by atoms with Gasteiger partial charge in [-0.2, -0.15) is 0 Å². The molecule has 128 valence electrons. The molecule has 0 aromatic heterocycles. The van der Waals surface area contributed by atoms with Crippen LogP contribution in [-0.4, -0.2) is 16.7 Å². The Morgan fingerprint density at radius 1 is 1.04 bits per heavy atom. The standard InChI is InChI=1S/C21H26O3/c1-20(2,3)21(13-7-4-8-14-21)24-18-16-10-6-5-9-15(16)11-12-17(18)19(22)23/h5-6,9-12H,4,7-8,13-14H2,1-3H3,(H,22,23). The number of aromatic carboxylic acids is 1. The van der Waals surface area contributed by atoms with Gasteiger partial charge in [0.15, 0.2) is 0 Å². The molecule has 0 atom stereocenters. The van der Waals surface area contributed by atoms with Gasteiger partial charge in [-0.05, 0) is 37.1 Å². The third kappa shape index (κ3) is 2.88. The normalized spacial score (nSPS) is 17.6. The molecule has 1 N–H and O–H groups in total. The molecular formula is C21H26O3. The topological polar surface area (TPSA) is 46.5 Å². The van der Waals surface area contributed by atoms with Crippen LogP contribution in [0.2, 0.25) is 0 Å². The SMILES string of the molecule is CC(C)(C)C1(Oc2c(C(=O)O)ccc3ccccc23)CCCCC1. The maximum absolute atomic E-state index is 11.8. The van der Waals surface area contributed by atoms with E-state index in [1.54, 1.807) is 6.07 Å². The van der Waals surface area contributed by atoms with Crippen molar-refractivity contribution in [3.05, 3.63) is 42.0 Å². The lowest BCUT2D eigenvalue weighted by atomic mass is 9.68. The van der Waals surface area contributed by atoms with Crippen LogP contribution < -0.4 is 4.74 Å². The summed E-state index contributed by atoms with van der Waals surface area (Å²) in [6.45, 7) is 6.59. The second-order valence-corrected chi connectivity index (χ2v) is 7.88. The molecule has 0 unspecified atom stereocenters. The maximum atomic E-state index is 11.8. The highest BCUT2D eigenvalue weighted by atomic mass is 16.5. The molecule has 2 aromatic rings. The van der Waals surface area contributed by atoms with Gasteiger partial charge in [0.05, 0.1) is 0 Å². The minimum Gasteiger partial charge on any atom is -0.485 e. The number of ether oxygens (including phenoxy) is 1. The van der Waals surface area contributed by atoms with Crippen LogP contribution in [-0.2, 0) is 0 Å². The van der Waals surface area contributed by atoms with Crippen LogP contribution in [0.1, 0.15) is 63.2 Å². The Morgan fingerprint density at radius 2 is 1.71 bits per heavy atom. The van der Waals surface area contributed by atoms with Gasteiger partial charge in [0.2, 0.25) is 0 Å². The molecular weight excluding hydrogens is 300 g/mol. The van der Waals surface area contributed by atoms with Gasteiger partial charge in [0.1, 0.15) is 16.9 Å². The smallest absolute Gasteiger partial charge is 0.339 e. The summed E-state index contributed by atoms with van der Waals surface area (Å²) >= 11 is 0. The molecule has 0 spiro atoms. The van der Waals surface area contributed by atoms with Crippen molar-refractivity contribution in [2.24, 2.45) is 5.41 Å². The molecule has 3 nitrogen and oxygen atoms in total. The van der Waals surface area contributed by atoms with Crippen molar-refractivity contribution < 1.29 is 14.6 Å². The van der Waals surface area contributed by atoms with Crippen LogP contribution in [0.4, 0.5) is 0 Å². The van der Waals surface area contributed by atoms with Crippen LogP contribution in [0.15, 0.2) is 36.4 Å². The lowest BCUT2D eigenvalue weighted by Crippen LogP contribution is -2.49. The van der Waals surface area contributed by atoms with Crippen LogP contribution in [0.25, 0.3) is 10.8 Å². The zero-order valence-corrected chi connectivity index (χ0v) is 14.8. The Labute approximate surface area is 143 Å². The van der Waals surface area contributed by atoms with E-state index >= 15 is 0 Å². The quantitative estimate of drug-likeness (QED) is 0.791. The lowest BCUT2D eigenvalue weighted by molar-refractivity contribution is -0.0609. The summed E-state index contributed by atoms with van der Waals surface area (Å²) in [6.07, 6.45) is 5.43. The zero-order chi connectivity index (χ0) is 17.4. The van der Waals surface area contributed by atoms with Crippen molar-refractivity contribution in [1.82, 2.24) is 0 Å². The predicted molar refractivity (Wildman–Crippen MR) is 96.8 cm³/mol. The lowest BCUT2D eigenvalue weighted by Gasteiger charge is -2.47. The average molecular weight is 326 g/mol. The van der Waals surface area contributed by atoms with E-state index in [1.807, 2.05) is 30.3 Å².